The minimum atomic E-state index is -0.903. The number of ether oxygens (including phenoxy) is 2. The van der Waals surface area contributed by atoms with Gasteiger partial charge in [0.1, 0.15) is 18.7 Å². The summed E-state index contributed by atoms with van der Waals surface area (Å²) in [6.07, 6.45) is 0.679. The largest absolute Gasteiger partial charge is 0.467 e. The van der Waals surface area contributed by atoms with Crippen LogP contribution in [0.25, 0.3) is 0 Å². The Morgan fingerprint density at radius 3 is 2.03 bits per heavy atom. The van der Waals surface area contributed by atoms with Crippen LogP contribution in [-0.2, 0) is 32.1 Å². The Balaban J connectivity index is 2.05. The summed E-state index contributed by atoms with van der Waals surface area (Å²) < 4.78 is 10.0. The Morgan fingerprint density at radius 1 is 0.867 bits per heavy atom. The van der Waals surface area contributed by atoms with Crippen LogP contribution in [0.4, 0.5) is 4.79 Å². The van der Waals surface area contributed by atoms with Gasteiger partial charge in [-0.3, -0.25) is 4.79 Å². The second kappa shape index (κ2) is 12.3. The molecule has 0 heterocycles. The average Bonchev–Trinajstić information content (AvgIpc) is 2.77. The highest BCUT2D eigenvalue weighted by molar-refractivity contribution is 5.89. The summed E-state index contributed by atoms with van der Waals surface area (Å²) in [6, 6.07) is 16.9. The maximum absolute atomic E-state index is 12.9. The van der Waals surface area contributed by atoms with Crippen molar-refractivity contribution in [3.63, 3.8) is 0 Å². The number of amides is 2. The Kier molecular flexibility index (Phi) is 9.37. The van der Waals surface area contributed by atoms with Gasteiger partial charge in [0, 0.05) is 6.42 Å². The smallest absolute Gasteiger partial charge is 0.408 e. The first-order chi connectivity index (χ1) is 14.5. The van der Waals surface area contributed by atoms with Crippen LogP contribution in [0.1, 0.15) is 30.9 Å². The number of hydrogen-bond acceptors (Lipinski definition) is 5. The monoisotopic (exact) mass is 412 g/mol. The molecule has 2 atom stereocenters. The summed E-state index contributed by atoms with van der Waals surface area (Å²) in [5.41, 5.74) is 1.71. The highest BCUT2D eigenvalue weighted by Crippen LogP contribution is 2.07. The predicted octanol–water partition coefficient (Wildman–Crippen LogP) is 2.98. The molecule has 0 spiro atoms. The third-order valence-electron chi connectivity index (χ3n) is 4.48. The summed E-state index contributed by atoms with van der Waals surface area (Å²) in [5, 5.41) is 5.30. The molecular weight excluding hydrogens is 384 g/mol. The van der Waals surface area contributed by atoms with Gasteiger partial charge in [0.05, 0.1) is 7.11 Å². The molecule has 2 amide bonds. The molecule has 0 saturated heterocycles. The average molecular weight is 412 g/mol. The lowest BCUT2D eigenvalue weighted by Gasteiger charge is -2.22. The molecule has 2 aromatic carbocycles. The fourth-order valence-corrected chi connectivity index (χ4v) is 2.92. The van der Waals surface area contributed by atoms with Crippen LogP contribution in [0, 0.1) is 0 Å². The van der Waals surface area contributed by atoms with Crippen molar-refractivity contribution in [2.24, 2.45) is 0 Å². The number of nitrogens with one attached hydrogen (secondary N) is 2. The molecule has 2 rings (SSSR count). The molecule has 160 valence electrons. The number of carbonyl (C=O) groups is 3. The van der Waals surface area contributed by atoms with E-state index in [0.717, 1.165) is 11.1 Å². The molecule has 0 saturated carbocycles. The van der Waals surface area contributed by atoms with Crippen molar-refractivity contribution < 1.29 is 23.9 Å². The highest BCUT2D eigenvalue weighted by atomic mass is 16.5. The number of esters is 1. The third kappa shape index (κ3) is 7.58. The molecule has 7 heteroatoms. The molecule has 0 aliphatic carbocycles. The summed E-state index contributed by atoms with van der Waals surface area (Å²) in [6.45, 7) is 2.00. The van der Waals surface area contributed by atoms with Crippen LogP contribution in [0.5, 0.6) is 0 Å². The Hall–Kier alpha value is -3.35. The van der Waals surface area contributed by atoms with Crippen LogP contribution in [0.3, 0.4) is 0 Å². The van der Waals surface area contributed by atoms with Crippen molar-refractivity contribution in [1.29, 1.82) is 0 Å². The van der Waals surface area contributed by atoms with Gasteiger partial charge in [0.15, 0.2) is 0 Å². The lowest BCUT2D eigenvalue weighted by molar-refractivity contribution is -0.145. The van der Waals surface area contributed by atoms with Crippen molar-refractivity contribution in [1.82, 2.24) is 10.6 Å². The van der Waals surface area contributed by atoms with E-state index < -0.39 is 30.1 Å². The van der Waals surface area contributed by atoms with E-state index in [9.17, 15) is 14.4 Å². The summed E-state index contributed by atoms with van der Waals surface area (Å²) in [4.78, 5) is 37.1. The topological polar surface area (TPSA) is 93.7 Å². The van der Waals surface area contributed by atoms with E-state index in [0.29, 0.717) is 12.8 Å². The van der Waals surface area contributed by atoms with Gasteiger partial charge in [0.2, 0.25) is 5.91 Å². The third-order valence-corrected chi connectivity index (χ3v) is 4.48. The van der Waals surface area contributed by atoms with Crippen LogP contribution in [0.15, 0.2) is 60.7 Å². The lowest BCUT2D eigenvalue weighted by Crippen LogP contribution is -2.52. The van der Waals surface area contributed by atoms with Crippen molar-refractivity contribution in [2.75, 3.05) is 7.11 Å². The van der Waals surface area contributed by atoms with E-state index in [1.54, 1.807) is 0 Å². The Labute approximate surface area is 176 Å². The van der Waals surface area contributed by atoms with Crippen LogP contribution in [-0.4, -0.2) is 37.2 Å². The fraction of sp³-hybridized carbons (Fsp3) is 0.348. The SMILES string of the molecule is CCC[C@H](NC(=O)[C@@H](Cc1ccccc1)NC(=O)OCc1ccccc1)C(=O)OC. The summed E-state index contributed by atoms with van der Waals surface area (Å²) in [5.74, 6) is -0.991. The maximum Gasteiger partial charge on any atom is 0.408 e. The zero-order valence-corrected chi connectivity index (χ0v) is 17.3. The Bertz CT molecular complexity index is 811. The van der Waals surface area contributed by atoms with E-state index in [1.165, 1.54) is 7.11 Å². The standard InChI is InChI=1S/C23H28N2O5/c1-3-10-19(22(27)29-2)24-21(26)20(15-17-11-6-4-7-12-17)25-23(28)30-16-18-13-8-5-9-14-18/h4-9,11-14,19-20H,3,10,15-16H2,1-2H3,(H,24,26)(H,25,28)/t19-,20+/m0/s1. The van der Waals surface area contributed by atoms with E-state index in [2.05, 4.69) is 10.6 Å². The zero-order chi connectivity index (χ0) is 21.8. The van der Waals surface area contributed by atoms with Crippen molar-refractivity contribution in [2.45, 2.75) is 44.9 Å². The van der Waals surface area contributed by atoms with E-state index in [4.69, 9.17) is 9.47 Å². The molecule has 2 aromatic rings. The molecule has 30 heavy (non-hydrogen) atoms. The van der Waals surface area contributed by atoms with Gasteiger partial charge in [0.25, 0.3) is 0 Å². The first kappa shape index (κ1) is 22.9. The number of benzene rings is 2. The van der Waals surface area contributed by atoms with E-state index >= 15 is 0 Å². The molecule has 0 unspecified atom stereocenters. The number of carbonyl (C=O) groups excluding carboxylic acids is 3. The zero-order valence-electron chi connectivity index (χ0n) is 17.3. The normalized spacial score (nSPS) is 12.3. The fourth-order valence-electron chi connectivity index (χ4n) is 2.92. The van der Waals surface area contributed by atoms with Gasteiger partial charge in [-0.05, 0) is 17.5 Å². The summed E-state index contributed by atoms with van der Waals surface area (Å²) >= 11 is 0. The van der Waals surface area contributed by atoms with Gasteiger partial charge in [-0.15, -0.1) is 0 Å². The predicted molar refractivity (Wildman–Crippen MR) is 113 cm³/mol. The Morgan fingerprint density at radius 2 is 1.47 bits per heavy atom. The van der Waals surface area contributed by atoms with Crippen molar-refractivity contribution in [3.8, 4) is 0 Å². The quantitative estimate of drug-likeness (QED) is 0.585. The van der Waals surface area contributed by atoms with Crippen LogP contribution >= 0.6 is 0 Å². The summed E-state index contributed by atoms with van der Waals surface area (Å²) in [7, 11) is 1.28. The molecule has 0 bridgehead atoms. The van der Waals surface area contributed by atoms with Crippen molar-refractivity contribution >= 4 is 18.0 Å². The highest BCUT2D eigenvalue weighted by Gasteiger charge is 2.27. The van der Waals surface area contributed by atoms with Crippen molar-refractivity contribution in [3.05, 3.63) is 71.8 Å². The molecular formula is C23H28N2O5. The van der Waals surface area contributed by atoms with Crippen LogP contribution in [0.2, 0.25) is 0 Å². The van der Waals surface area contributed by atoms with Gasteiger partial charge in [-0.1, -0.05) is 74.0 Å². The molecule has 0 radical (unpaired) electrons. The molecule has 0 aliphatic rings. The molecule has 7 nitrogen and oxygen atoms in total. The first-order valence-electron chi connectivity index (χ1n) is 9.92. The maximum atomic E-state index is 12.9. The second-order valence-corrected chi connectivity index (χ2v) is 6.82. The van der Waals surface area contributed by atoms with Crippen LogP contribution < -0.4 is 10.6 Å². The second-order valence-electron chi connectivity index (χ2n) is 6.82. The van der Waals surface area contributed by atoms with E-state index in [1.807, 2.05) is 67.6 Å². The van der Waals surface area contributed by atoms with Gasteiger partial charge in [-0.25, -0.2) is 9.59 Å². The van der Waals surface area contributed by atoms with Gasteiger partial charge < -0.3 is 20.1 Å². The number of alkyl carbamates (subject to hydrolysis) is 1. The first-order valence-corrected chi connectivity index (χ1v) is 9.92. The molecule has 0 aliphatic heterocycles. The minimum Gasteiger partial charge on any atom is -0.467 e. The number of methoxy groups -OCH3 is 1. The van der Waals surface area contributed by atoms with Gasteiger partial charge >= 0.3 is 12.1 Å². The molecule has 0 fully saturated rings. The number of rotatable bonds is 10. The van der Waals surface area contributed by atoms with Gasteiger partial charge in [-0.2, -0.15) is 0 Å². The number of hydrogen-bond donors (Lipinski definition) is 2. The molecule has 0 aromatic heterocycles. The molecule has 2 N–H and O–H groups in total. The van der Waals surface area contributed by atoms with E-state index in [-0.39, 0.29) is 13.0 Å². The lowest BCUT2D eigenvalue weighted by atomic mass is 10.0. The minimum absolute atomic E-state index is 0.0902.